The minimum Gasteiger partial charge on any atom is -0.354 e. The van der Waals surface area contributed by atoms with Crippen molar-refractivity contribution in [2.45, 2.75) is 26.3 Å². The van der Waals surface area contributed by atoms with Gasteiger partial charge in [-0.15, -0.1) is 0 Å². The summed E-state index contributed by atoms with van der Waals surface area (Å²) < 4.78 is 1.66. The lowest BCUT2D eigenvalue weighted by atomic mass is 10.4. The van der Waals surface area contributed by atoms with Crippen LogP contribution in [0.2, 0.25) is 0 Å². The Morgan fingerprint density at radius 1 is 1.71 bits per heavy atom. The summed E-state index contributed by atoms with van der Waals surface area (Å²) in [5.74, 6) is 0.790. The van der Waals surface area contributed by atoms with E-state index in [0.717, 1.165) is 18.2 Å². The predicted molar refractivity (Wildman–Crippen MR) is 52.7 cm³/mol. The molecular formula is C10H15N3O. The average molecular weight is 193 g/mol. The zero-order valence-corrected chi connectivity index (χ0v) is 8.36. The quantitative estimate of drug-likeness (QED) is 0.765. The fourth-order valence-corrected chi connectivity index (χ4v) is 1.33. The largest absolute Gasteiger partial charge is 0.354 e. The first-order valence-corrected chi connectivity index (χ1v) is 5.01. The van der Waals surface area contributed by atoms with E-state index in [1.54, 1.807) is 4.68 Å². The smallest absolute Gasteiger partial charge is 0.241 e. The van der Waals surface area contributed by atoms with E-state index in [1.165, 1.54) is 12.8 Å². The van der Waals surface area contributed by atoms with E-state index in [0.29, 0.717) is 6.54 Å². The van der Waals surface area contributed by atoms with Crippen LogP contribution < -0.4 is 5.32 Å². The predicted octanol–water partition coefficient (Wildman–Crippen LogP) is 0.718. The third-order valence-electron chi connectivity index (χ3n) is 2.36. The molecule has 0 aliphatic heterocycles. The summed E-state index contributed by atoms with van der Waals surface area (Å²) in [6.45, 7) is 3.08. The number of nitrogens with one attached hydrogen (secondary N) is 1. The van der Waals surface area contributed by atoms with Crippen molar-refractivity contribution in [3.8, 4) is 0 Å². The van der Waals surface area contributed by atoms with Crippen LogP contribution in [-0.2, 0) is 11.3 Å². The highest BCUT2D eigenvalue weighted by molar-refractivity contribution is 5.75. The minimum absolute atomic E-state index is 0.0556. The Kier molecular flexibility index (Phi) is 2.52. The Bertz CT molecular complexity index is 328. The van der Waals surface area contributed by atoms with Crippen molar-refractivity contribution < 1.29 is 4.79 Å². The maximum Gasteiger partial charge on any atom is 0.241 e. The summed E-state index contributed by atoms with van der Waals surface area (Å²) >= 11 is 0. The number of nitrogens with zero attached hydrogens (tertiary/aromatic N) is 2. The summed E-state index contributed by atoms with van der Waals surface area (Å²) in [5.41, 5.74) is 0.944. The monoisotopic (exact) mass is 193 g/mol. The molecule has 1 aliphatic carbocycles. The molecule has 1 aromatic heterocycles. The van der Waals surface area contributed by atoms with Gasteiger partial charge in [0.2, 0.25) is 5.91 Å². The second-order valence-corrected chi connectivity index (χ2v) is 3.90. The zero-order valence-electron chi connectivity index (χ0n) is 8.36. The maximum absolute atomic E-state index is 11.4. The average Bonchev–Trinajstić information content (AvgIpc) is 2.88. The third kappa shape index (κ3) is 2.58. The second-order valence-electron chi connectivity index (χ2n) is 3.90. The first-order chi connectivity index (χ1) is 6.74. The standard InChI is InChI=1S/C10H15N3O/c1-8-4-5-13(12-8)7-10(14)11-6-9-2-3-9/h4-5,9H,2-3,6-7H2,1H3,(H,11,14). The van der Waals surface area contributed by atoms with Gasteiger partial charge in [-0.3, -0.25) is 9.48 Å². The highest BCUT2D eigenvalue weighted by Gasteiger charge is 2.21. The summed E-state index contributed by atoms with van der Waals surface area (Å²) in [4.78, 5) is 11.4. The van der Waals surface area contributed by atoms with Gasteiger partial charge in [-0.25, -0.2) is 0 Å². The number of carbonyl (C=O) groups excluding carboxylic acids is 1. The molecular weight excluding hydrogens is 178 g/mol. The molecule has 0 aromatic carbocycles. The summed E-state index contributed by atoms with van der Waals surface area (Å²) in [6.07, 6.45) is 4.36. The van der Waals surface area contributed by atoms with Crippen LogP contribution in [0.15, 0.2) is 12.3 Å². The molecule has 0 spiro atoms. The van der Waals surface area contributed by atoms with E-state index in [9.17, 15) is 4.79 Å². The van der Waals surface area contributed by atoms with E-state index >= 15 is 0 Å². The van der Waals surface area contributed by atoms with E-state index in [4.69, 9.17) is 0 Å². The number of hydrogen-bond acceptors (Lipinski definition) is 2. The molecule has 0 saturated heterocycles. The fourth-order valence-electron chi connectivity index (χ4n) is 1.33. The molecule has 1 N–H and O–H groups in total. The number of hydrogen-bond donors (Lipinski definition) is 1. The van der Waals surface area contributed by atoms with E-state index < -0.39 is 0 Å². The van der Waals surface area contributed by atoms with Crippen molar-refractivity contribution >= 4 is 5.91 Å². The van der Waals surface area contributed by atoms with Gasteiger partial charge >= 0.3 is 0 Å². The number of aromatic nitrogens is 2. The van der Waals surface area contributed by atoms with E-state index in [2.05, 4.69) is 10.4 Å². The van der Waals surface area contributed by atoms with Gasteiger partial charge in [0.25, 0.3) is 0 Å². The van der Waals surface area contributed by atoms with Crippen molar-refractivity contribution in [1.29, 1.82) is 0 Å². The van der Waals surface area contributed by atoms with Gasteiger partial charge in [0.1, 0.15) is 6.54 Å². The van der Waals surface area contributed by atoms with Crippen LogP contribution in [0.1, 0.15) is 18.5 Å². The summed E-state index contributed by atoms with van der Waals surface area (Å²) in [7, 11) is 0. The first-order valence-electron chi connectivity index (χ1n) is 5.01. The number of rotatable bonds is 4. The van der Waals surface area contributed by atoms with Gasteiger partial charge in [-0.1, -0.05) is 0 Å². The maximum atomic E-state index is 11.4. The molecule has 0 unspecified atom stereocenters. The molecule has 0 atom stereocenters. The number of carbonyl (C=O) groups is 1. The molecule has 14 heavy (non-hydrogen) atoms. The SMILES string of the molecule is Cc1ccn(CC(=O)NCC2CC2)n1. The van der Waals surface area contributed by atoms with Gasteiger partial charge in [-0.05, 0) is 31.7 Å². The van der Waals surface area contributed by atoms with Crippen molar-refractivity contribution in [2.75, 3.05) is 6.54 Å². The topological polar surface area (TPSA) is 46.9 Å². The lowest BCUT2D eigenvalue weighted by molar-refractivity contribution is -0.121. The number of amides is 1. The van der Waals surface area contributed by atoms with Crippen molar-refractivity contribution in [2.24, 2.45) is 5.92 Å². The molecule has 1 fully saturated rings. The molecule has 0 bridgehead atoms. The first kappa shape index (κ1) is 9.24. The molecule has 1 aromatic rings. The Morgan fingerprint density at radius 3 is 3.07 bits per heavy atom. The Hall–Kier alpha value is -1.32. The van der Waals surface area contributed by atoms with Crippen LogP contribution in [0.25, 0.3) is 0 Å². The fraction of sp³-hybridized carbons (Fsp3) is 0.600. The molecule has 1 amide bonds. The highest BCUT2D eigenvalue weighted by Crippen LogP contribution is 2.27. The van der Waals surface area contributed by atoms with Crippen LogP contribution >= 0.6 is 0 Å². The normalized spacial score (nSPS) is 15.5. The van der Waals surface area contributed by atoms with E-state index in [-0.39, 0.29) is 5.91 Å². The van der Waals surface area contributed by atoms with Crippen molar-refractivity contribution in [1.82, 2.24) is 15.1 Å². The van der Waals surface area contributed by atoms with Crippen LogP contribution in [-0.4, -0.2) is 22.2 Å². The molecule has 0 radical (unpaired) electrons. The lowest BCUT2D eigenvalue weighted by Gasteiger charge is -2.03. The highest BCUT2D eigenvalue weighted by atomic mass is 16.2. The second kappa shape index (κ2) is 3.82. The van der Waals surface area contributed by atoms with Crippen LogP contribution in [0.4, 0.5) is 0 Å². The van der Waals surface area contributed by atoms with Gasteiger partial charge in [-0.2, -0.15) is 5.10 Å². The van der Waals surface area contributed by atoms with Gasteiger partial charge in [0.05, 0.1) is 5.69 Å². The molecule has 76 valence electrons. The van der Waals surface area contributed by atoms with Crippen LogP contribution in [0, 0.1) is 12.8 Å². The third-order valence-corrected chi connectivity index (χ3v) is 2.36. The van der Waals surface area contributed by atoms with Gasteiger partial charge in [0, 0.05) is 12.7 Å². The molecule has 1 saturated carbocycles. The van der Waals surface area contributed by atoms with Crippen LogP contribution in [0.3, 0.4) is 0 Å². The summed E-state index contributed by atoms with van der Waals surface area (Å²) in [6, 6.07) is 1.90. The Balaban J connectivity index is 1.75. The van der Waals surface area contributed by atoms with Crippen LogP contribution in [0.5, 0.6) is 0 Å². The van der Waals surface area contributed by atoms with Gasteiger partial charge in [0.15, 0.2) is 0 Å². The molecule has 4 nitrogen and oxygen atoms in total. The van der Waals surface area contributed by atoms with E-state index in [1.807, 2.05) is 19.2 Å². The Morgan fingerprint density at radius 2 is 2.50 bits per heavy atom. The minimum atomic E-state index is 0.0556. The number of aryl methyl sites for hydroxylation is 1. The summed E-state index contributed by atoms with van der Waals surface area (Å²) in [5, 5.41) is 7.05. The van der Waals surface area contributed by atoms with Crippen molar-refractivity contribution in [3.63, 3.8) is 0 Å². The molecule has 2 rings (SSSR count). The Labute approximate surface area is 83.3 Å². The molecule has 1 heterocycles. The van der Waals surface area contributed by atoms with Gasteiger partial charge < -0.3 is 5.32 Å². The van der Waals surface area contributed by atoms with Crippen molar-refractivity contribution in [3.05, 3.63) is 18.0 Å². The lowest BCUT2D eigenvalue weighted by Crippen LogP contribution is -2.29. The molecule has 1 aliphatic rings. The zero-order chi connectivity index (χ0) is 9.97. The molecule has 4 heteroatoms.